The average molecular weight is 467 g/mol. The lowest BCUT2D eigenvalue weighted by atomic mass is 10.2. The third-order valence-corrected chi connectivity index (χ3v) is 5.77. The van der Waals surface area contributed by atoms with Gasteiger partial charge < -0.3 is 24.2 Å². The number of likely N-dealkylation sites (N-methyl/N-ethyl adjacent to an activating group) is 1. The van der Waals surface area contributed by atoms with Gasteiger partial charge in [0.25, 0.3) is 0 Å². The zero-order chi connectivity index (χ0) is 24.3. The molecule has 0 N–H and O–H groups in total. The molecule has 1 aromatic carbocycles. The number of imidazole rings is 1. The molecule has 1 fully saturated rings. The number of benzene rings is 1. The third kappa shape index (κ3) is 5.77. The molecule has 1 saturated heterocycles. The lowest BCUT2D eigenvalue weighted by Gasteiger charge is -2.34. The van der Waals surface area contributed by atoms with Crippen LogP contribution in [0.3, 0.4) is 0 Å². The molecule has 0 amide bonds. The standard InChI is InChI=1S/C25H34N6O3/c1-25(2,3)34-23(32)18-30(17-19-6-8-20(33-5)9-7-19)21-16-22(27-31-11-10-26-24(21)31)29-14-12-28(4)13-15-29/h6-11,16H,12-15,17-18H2,1-5H3. The summed E-state index contributed by atoms with van der Waals surface area (Å²) in [4.78, 5) is 24.0. The van der Waals surface area contributed by atoms with E-state index in [4.69, 9.17) is 14.6 Å². The summed E-state index contributed by atoms with van der Waals surface area (Å²) in [7, 11) is 3.78. The summed E-state index contributed by atoms with van der Waals surface area (Å²) < 4.78 is 12.7. The van der Waals surface area contributed by atoms with Crippen molar-refractivity contribution in [3.05, 3.63) is 48.3 Å². The fourth-order valence-corrected chi connectivity index (χ4v) is 4.02. The van der Waals surface area contributed by atoms with Crippen LogP contribution in [0.25, 0.3) is 5.65 Å². The van der Waals surface area contributed by atoms with Crippen LogP contribution in [0.1, 0.15) is 26.3 Å². The summed E-state index contributed by atoms with van der Waals surface area (Å²) in [5.41, 5.74) is 2.03. The molecular weight excluding hydrogens is 432 g/mol. The normalized spacial score (nSPS) is 14.9. The Morgan fingerprint density at radius 2 is 1.82 bits per heavy atom. The van der Waals surface area contributed by atoms with Gasteiger partial charge >= 0.3 is 5.97 Å². The molecule has 2 aromatic heterocycles. The van der Waals surface area contributed by atoms with Crippen molar-refractivity contribution in [3.8, 4) is 5.75 Å². The van der Waals surface area contributed by atoms with Gasteiger partial charge in [0.2, 0.25) is 0 Å². The van der Waals surface area contributed by atoms with Gasteiger partial charge in [0.1, 0.15) is 17.9 Å². The maximum absolute atomic E-state index is 12.9. The fraction of sp³-hybridized carbons (Fsp3) is 0.480. The maximum atomic E-state index is 12.9. The highest BCUT2D eigenvalue weighted by Crippen LogP contribution is 2.28. The van der Waals surface area contributed by atoms with Gasteiger partial charge in [-0.15, -0.1) is 5.10 Å². The molecule has 3 heterocycles. The topological polar surface area (TPSA) is 75.4 Å². The van der Waals surface area contributed by atoms with Gasteiger partial charge in [-0.2, -0.15) is 0 Å². The Morgan fingerprint density at radius 3 is 2.47 bits per heavy atom. The first-order chi connectivity index (χ1) is 16.2. The molecule has 9 nitrogen and oxygen atoms in total. The zero-order valence-corrected chi connectivity index (χ0v) is 20.7. The molecule has 0 aliphatic carbocycles. The van der Waals surface area contributed by atoms with Crippen molar-refractivity contribution in [2.75, 3.05) is 56.7 Å². The second-order valence-corrected chi connectivity index (χ2v) is 9.66. The summed E-state index contributed by atoms with van der Waals surface area (Å²) in [5.74, 6) is 1.38. The summed E-state index contributed by atoms with van der Waals surface area (Å²) in [5, 5.41) is 4.80. The molecule has 1 aliphatic heterocycles. The van der Waals surface area contributed by atoms with Gasteiger partial charge in [-0.1, -0.05) is 12.1 Å². The molecular formula is C25H34N6O3. The van der Waals surface area contributed by atoms with Crippen LogP contribution in [-0.2, 0) is 16.1 Å². The van der Waals surface area contributed by atoms with E-state index in [1.165, 1.54) is 0 Å². The minimum Gasteiger partial charge on any atom is -0.497 e. The average Bonchev–Trinajstić information content (AvgIpc) is 3.26. The van der Waals surface area contributed by atoms with Crippen LogP contribution < -0.4 is 14.5 Å². The Kier molecular flexibility index (Phi) is 6.92. The Balaban J connectivity index is 1.70. The number of rotatable bonds is 7. The van der Waals surface area contributed by atoms with E-state index < -0.39 is 5.60 Å². The Labute approximate surface area is 200 Å². The van der Waals surface area contributed by atoms with Crippen LogP contribution in [-0.4, -0.2) is 77.9 Å². The second-order valence-electron chi connectivity index (χ2n) is 9.66. The van der Waals surface area contributed by atoms with Crippen LogP contribution >= 0.6 is 0 Å². The van der Waals surface area contributed by atoms with E-state index in [9.17, 15) is 4.79 Å². The number of fused-ring (bicyclic) bond motifs is 1. The smallest absolute Gasteiger partial charge is 0.326 e. The molecule has 1 aliphatic rings. The maximum Gasteiger partial charge on any atom is 0.326 e. The van der Waals surface area contributed by atoms with Crippen molar-refractivity contribution in [2.24, 2.45) is 0 Å². The fourth-order valence-electron chi connectivity index (χ4n) is 4.02. The van der Waals surface area contributed by atoms with E-state index in [0.717, 1.165) is 49.0 Å². The van der Waals surface area contributed by atoms with E-state index in [1.54, 1.807) is 17.8 Å². The van der Waals surface area contributed by atoms with Crippen LogP contribution in [0.2, 0.25) is 0 Å². The number of hydrogen-bond donors (Lipinski definition) is 0. The summed E-state index contributed by atoms with van der Waals surface area (Å²) in [6, 6.07) is 9.91. The highest BCUT2D eigenvalue weighted by Gasteiger charge is 2.24. The number of hydrogen-bond acceptors (Lipinski definition) is 8. The summed E-state index contributed by atoms with van der Waals surface area (Å²) in [6.07, 6.45) is 3.58. The molecule has 9 heteroatoms. The number of ether oxygens (including phenoxy) is 2. The number of methoxy groups -OCH3 is 1. The molecule has 34 heavy (non-hydrogen) atoms. The van der Waals surface area contributed by atoms with E-state index in [1.807, 2.05) is 62.2 Å². The van der Waals surface area contributed by atoms with E-state index in [-0.39, 0.29) is 12.5 Å². The van der Waals surface area contributed by atoms with Crippen molar-refractivity contribution in [1.82, 2.24) is 19.5 Å². The van der Waals surface area contributed by atoms with Crippen LogP contribution in [0.15, 0.2) is 42.7 Å². The van der Waals surface area contributed by atoms with Gasteiger partial charge in [-0.3, -0.25) is 4.79 Å². The summed E-state index contributed by atoms with van der Waals surface area (Å²) in [6.45, 7) is 9.99. The number of nitrogens with zero attached hydrogens (tertiary/aromatic N) is 6. The zero-order valence-electron chi connectivity index (χ0n) is 20.7. The molecule has 0 radical (unpaired) electrons. The number of carbonyl (C=O) groups excluding carboxylic acids is 1. The SMILES string of the molecule is COc1ccc(CN(CC(=O)OC(C)(C)C)c2cc(N3CCN(C)CC3)nn3ccnc23)cc1. The highest BCUT2D eigenvalue weighted by molar-refractivity contribution is 5.80. The first kappa shape index (κ1) is 23.8. The Morgan fingerprint density at radius 1 is 1.12 bits per heavy atom. The van der Waals surface area contributed by atoms with Crippen molar-refractivity contribution in [3.63, 3.8) is 0 Å². The van der Waals surface area contributed by atoms with Gasteiger partial charge in [0.15, 0.2) is 11.5 Å². The number of anilines is 2. The predicted molar refractivity (Wildman–Crippen MR) is 133 cm³/mol. The van der Waals surface area contributed by atoms with Gasteiger partial charge in [0.05, 0.1) is 12.8 Å². The van der Waals surface area contributed by atoms with E-state index >= 15 is 0 Å². The minimum atomic E-state index is -0.561. The van der Waals surface area contributed by atoms with Crippen molar-refractivity contribution in [1.29, 1.82) is 0 Å². The first-order valence-corrected chi connectivity index (χ1v) is 11.6. The van der Waals surface area contributed by atoms with E-state index in [0.29, 0.717) is 12.2 Å². The number of carbonyl (C=O) groups is 1. The Hall–Kier alpha value is -3.33. The molecule has 0 unspecified atom stereocenters. The predicted octanol–water partition coefficient (Wildman–Crippen LogP) is 2.84. The molecule has 0 saturated carbocycles. The number of piperazine rings is 1. The quantitative estimate of drug-likeness (QED) is 0.492. The second kappa shape index (κ2) is 9.89. The van der Waals surface area contributed by atoms with Gasteiger partial charge in [-0.05, 0) is 45.5 Å². The Bertz CT molecular complexity index is 1110. The lowest BCUT2D eigenvalue weighted by molar-refractivity contribution is -0.153. The highest BCUT2D eigenvalue weighted by atomic mass is 16.6. The van der Waals surface area contributed by atoms with Crippen molar-refractivity contribution in [2.45, 2.75) is 32.9 Å². The van der Waals surface area contributed by atoms with Crippen molar-refractivity contribution >= 4 is 23.1 Å². The van der Waals surface area contributed by atoms with Gasteiger partial charge in [0, 0.05) is 51.2 Å². The van der Waals surface area contributed by atoms with Crippen LogP contribution in [0.5, 0.6) is 5.75 Å². The molecule has 182 valence electrons. The molecule has 0 spiro atoms. The minimum absolute atomic E-state index is 0.0952. The first-order valence-electron chi connectivity index (χ1n) is 11.6. The van der Waals surface area contributed by atoms with Crippen molar-refractivity contribution < 1.29 is 14.3 Å². The molecule has 0 atom stereocenters. The lowest BCUT2D eigenvalue weighted by Crippen LogP contribution is -2.45. The van der Waals surface area contributed by atoms with Gasteiger partial charge in [-0.25, -0.2) is 9.50 Å². The molecule has 0 bridgehead atoms. The largest absolute Gasteiger partial charge is 0.497 e. The number of aromatic nitrogens is 3. The third-order valence-electron chi connectivity index (χ3n) is 5.77. The molecule has 4 rings (SSSR count). The number of esters is 1. The summed E-state index contributed by atoms with van der Waals surface area (Å²) >= 11 is 0. The van der Waals surface area contributed by atoms with Crippen LogP contribution in [0.4, 0.5) is 11.5 Å². The van der Waals surface area contributed by atoms with E-state index in [2.05, 4.69) is 21.8 Å². The monoisotopic (exact) mass is 466 g/mol. The molecule has 3 aromatic rings. The van der Waals surface area contributed by atoms with Crippen LogP contribution in [0, 0.1) is 0 Å².